The molecule has 1 N–H and O–H groups in total. The predicted molar refractivity (Wildman–Crippen MR) is 131 cm³/mol. The molecule has 0 saturated carbocycles. The van der Waals surface area contributed by atoms with Crippen molar-refractivity contribution in [3.63, 3.8) is 0 Å². The smallest absolute Gasteiger partial charge is 0.243 e. The lowest BCUT2D eigenvalue weighted by atomic mass is 9.96. The van der Waals surface area contributed by atoms with Crippen LogP contribution in [0.5, 0.6) is 5.75 Å². The Kier molecular flexibility index (Phi) is 8.18. The zero-order chi connectivity index (χ0) is 23.1. The number of anilines is 1. The zero-order valence-electron chi connectivity index (χ0n) is 18.5. The summed E-state index contributed by atoms with van der Waals surface area (Å²) in [6.07, 6.45) is 0.860. The first kappa shape index (κ1) is 24.1. The molecular weight excluding hydrogens is 444 g/mol. The van der Waals surface area contributed by atoms with Gasteiger partial charge in [-0.1, -0.05) is 61.0 Å². The number of para-hydroxylation sites is 2. The van der Waals surface area contributed by atoms with E-state index in [4.69, 9.17) is 16.3 Å². The van der Waals surface area contributed by atoms with Crippen LogP contribution in [0.3, 0.4) is 0 Å². The van der Waals surface area contributed by atoms with E-state index < -0.39 is 10.0 Å². The number of nitrogens with one attached hydrogen (secondary N) is 1. The lowest BCUT2D eigenvalue weighted by Gasteiger charge is -2.27. The number of hydrogen-bond donors (Lipinski definition) is 1. The second-order valence-electron chi connectivity index (χ2n) is 7.64. The van der Waals surface area contributed by atoms with Gasteiger partial charge in [0.15, 0.2) is 0 Å². The van der Waals surface area contributed by atoms with Gasteiger partial charge < -0.3 is 10.1 Å². The lowest BCUT2D eigenvalue weighted by Crippen LogP contribution is -2.31. The molecule has 1 aliphatic heterocycles. The Hall–Kier alpha value is -2.54. The fourth-order valence-electron chi connectivity index (χ4n) is 3.92. The third-order valence-corrected chi connectivity index (χ3v) is 7.74. The fraction of sp³-hybridized carbons (Fsp3) is 0.280. The third-order valence-electron chi connectivity index (χ3n) is 5.59. The molecule has 1 fully saturated rings. The van der Waals surface area contributed by atoms with Crippen LogP contribution < -0.4 is 10.1 Å². The molecule has 170 valence electrons. The van der Waals surface area contributed by atoms with Crippen LogP contribution in [0.4, 0.5) is 5.69 Å². The number of ether oxygens (including phenoxy) is 1. The van der Waals surface area contributed by atoms with Crippen LogP contribution >= 0.6 is 11.6 Å². The Morgan fingerprint density at radius 1 is 0.969 bits per heavy atom. The molecular formula is C25H29ClN2O3S. The van der Waals surface area contributed by atoms with Crippen molar-refractivity contribution in [2.45, 2.75) is 24.3 Å². The van der Waals surface area contributed by atoms with Gasteiger partial charge in [-0.05, 0) is 54.3 Å². The monoisotopic (exact) mass is 472 g/mol. The van der Waals surface area contributed by atoms with Crippen molar-refractivity contribution in [3.05, 3.63) is 89.4 Å². The molecule has 0 spiro atoms. The predicted octanol–water partition coefficient (Wildman–Crippen LogP) is 5.85. The summed E-state index contributed by atoms with van der Waals surface area (Å²) in [5.41, 5.74) is 2.01. The number of hydrogen-bond acceptors (Lipinski definition) is 4. The minimum atomic E-state index is -3.48. The van der Waals surface area contributed by atoms with Crippen LogP contribution in [0, 0.1) is 5.92 Å². The molecule has 7 heteroatoms. The number of nitrogens with zero attached hydrogens (tertiary/aromatic N) is 1. The van der Waals surface area contributed by atoms with Gasteiger partial charge in [-0.2, -0.15) is 4.31 Å². The largest absolute Gasteiger partial charge is 0.495 e. The molecule has 1 saturated heterocycles. The molecule has 0 radical (unpaired) electrons. The first-order valence-electron chi connectivity index (χ1n) is 10.5. The summed E-state index contributed by atoms with van der Waals surface area (Å²) >= 11 is 5.95. The maximum atomic E-state index is 12.9. The Bertz CT molecular complexity index is 1080. The van der Waals surface area contributed by atoms with Gasteiger partial charge in [0.1, 0.15) is 5.75 Å². The Labute approximate surface area is 196 Å². The molecule has 0 aromatic heterocycles. The highest BCUT2D eigenvalue weighted by Crippen LogP contribution is 2.40. The minimum absolute atomic E-state index is 0.137. The van der Waals surface area contributed by atoms with Gasteiger partial charge in [-0.3, -0.25) is 0 Å². The van der Waals surface area contributed by atoms with E-state index in [9.17, 15) is 8.42 Å². The van der Waals surface area contributed by atoms with Gasteiger partial charge in [0.25, 0.3) is 0 Å². The zero-order valence-corrected chi connectivity index (χ0v) is 20.1. The lowest BCUT2D eigenvalue weighted by molar-refractivity contribution is 0.357. The molecule has 1 aliphatic rings. The number of sulfonamides is 1. The van der Waals surface area contributed by atoms with Crippen LogP contribution in [0.25, 0.3) is 0 Å². The van der Waals surface area contributed by atoms with Crippen molar-refractivity contribution in [3.8, 4) is 5.75 Å². The van der Waals surface area contributed by atoms with Crippen LogP contribution in [0.15, 0.2) is 83.8 Å². The van der Waals surface area contributed by atoms with E-state index in [1.807, 2.05) is 61.6 Å². The summed E-state index contributed by atoms with van der Waals surface area (Å²) in [6, 6.07) is 23.8. The average Bonchev–Trinajstić information content (AvgIpc) is 3.22. The van der Waals surface area contributed by atoms with Crippen molar-refractivity contribution < 1.29 is 13.2 Å². The van der Waals surface area contributed by atoms with E-state index in [2.05, 4.69) is 12.2 Å². The van der Waals surface area contributed by atoms with E-state index >= 15 is 0 Å². The molecule has 32 heavy (non-hydrogen) atoms. The minimum Gasteiger partial charge on any atom is -0.495 e. The summed E-state index contributed by atoms with van der Waals surface area (Å²) in [4.78, 5) is 0.350. The molecule has 4 rings (SSSR count). The Morgan fingerprint density at radius 2 is 1.59 bits per heavy atom. The van der Waals surface area contributed by atoms with Crippen molar-refractivity contribution >= 4 is 27.3 Å². The third kappa shape index (κ3) is 5.44. The van der Waals surface area contributed by atoms with E-state index in [0.717, 1.165) is 23.4 Å². The molecule has 3 aromatic rings. The Morgan fingerprint density at radius 3 is 2.19 bits per heavy atom. The highest BCUT2D eigenvalue weighted by Gasteiger charge is 2.40. The molecule has 0 amide bonds. The highest BCUT2D eigenvalue weighted by atomic mass is 35.5. The fourth-order valence-corrected chi connectivity index (χ4v) is 5.79. The van der Waals surface area contributed by atoms with Gasteiger partial charge in [0, 0.05) is 18.6 Å². The van der Waals surface area contributed by atoms with Crippen LogP contribution in [-0.4, -0.2) is 33.4 Å². The van der Waals surface area contributed by atoms with Crippen LogP contribution in [-0.2, 0) is 10.0 Å². The summed E-state index contributed by atoms with van der Waals surface area (Å²) in [7, 11) is 0.0570. The summed E-state index contributed by atoms with van der Waals surface area (Å²) < 4.78 is 32.6. The quantitative estimate of drug-likeness (QED) is 0.506. The van der Waals surface area contributed by atoms with Crippen LogP contribution in [0.1, 0.15) is 24.9 Å². The standard InChI is InChI=1S/C17H18ClNO2S.C8H11NO/c1-13-11-12-19(17(13)14-7-9-15(18)10-8-14)22(20,21)16-5-3-2-4-6-16;1-9-7-5-3-4-6-8(7)10-2/h2-10,13,17H,11-12H2,1H3;3-6,9H,1-2H3. The maximum Gasteiger partial charge on any atom is 0.243 e. The van der Waals surface area contributed by atoms with Crippen molar-refractivity contribution in [2.75, 3.05) is 26.0 Å². The number of halogens is 1. The molecule has 2 unspecified atom stereocenters. The molecule has 5 nitrogen and oxygen atoms in total. The maximum absolute atomic E-state index is 12.9. The van der Waals surface area contributed by atoms with Gasteiger partial charge >= 0.3 is 0 Å². The first-order chi connectivity index (χ1) is 15.4. The number of benzene rings is 3. The second kappa shape index (κ2) is 10.9. The van der Waals surface area contributed by atoms with Gasteiger partial charge in [0.2, 0.25) is 10.0 Å². The molecule has 3 aromatic carbocycles. The molecule has 2 atom stereocenters. The van der Waals surface area contributed by atoms with Gasteiger partial charge in [-0.25, -0.2) is 8.42 Å². The molecule has 0 aliphatic carbocycles. The normalized spacial score (nSPS) is 18.5. The summed E-state index contributed by atoms with van der Waals surface area (Å²) in [5, 5.41) is 3.68. The molecule has 0 bridgehead atoms. The average molecular weight is 473 g/mol. The summed E-state index contributed by atoms with van der Waals surface area (Å²) in [5.74, 6) is 1.16. The first-order valence-corrected chi connectivity index (χ1v) is 12.3. The molecule has 1 heterocycles. The van der Waals surface area contributed by atoms with Gasteiger partial charge in [-0.15, -0.1) is 0 Å². The van der Waals surface area contributed by atoms with Gasteiger partial charge in [0.05, 0.1) is 23.7 Å². The second-order valence-corrected chi connectivity index (χ2v) is 9.97. The number of rotatable bonds is 5. The van der Waals surface area contributed by atoms with Crippen LogP contribution in [0.2, 0.25) is 5.02 Å². The van der Waals surface area contributed by atoms with E-state index in [-0.39, 0.29) is 12.0 Å². The van der Waals surface area contributed by atoms with E-state index in [1.54, 1.807) is 35.7 Å². The van der Waals surface area contributed by atoms with Crippen molar-refractivity contribution in [2.24, 2.45) is 5.92 Å². The Balaban J connectivity index is 0.000000243. The summed E-state index contributed by atoms with van der Waals surface area (Å²) in [6.45, 7) is 2.64. The SMILES string of the molecule is CC1CCN(S(=O)(=O)c2ccccc2)C1c1ccc(Cl)cc1.CNc1ccccc1OC. The highest BCUT2D eigenvalue weighted by molar-refractivity contribution is 7.89. The van der Waals surface area contributed by atoms with Crippen molar-refractivity contribution in [1.29, 1.82) is 0 Å². The number of methoxy groups -OCH3 is 1. The topological polar surface area (TPSA) is 58.6 Å². The van der Waals surface area contributed by atoms with E-state index in [1.165, 1.54) is 0 Å². The van der Waals surface area contributed by atoms with Crippen molar-refractivity contribution in [1.82, 2.24) is 4.31 Å². The van der Waals surface area contributed by atoms with E-state index in [0.29, 0.717) is 16.5 Å².